The fourth-order valence-corrected chi connectivity index (χ4v) is 3.57. The predicted octanol–water partition coefficient (Wildman–Crippen LogP) is 3.60. The third-order valence-corrected chi connectivity index (χ3v) is 4.88. The van der Waals surface area contributed by atoms with E-state index in [9.17, 15) is 4.79 Å². The predicted molar refractivity (Wildman–Crippen MR) is 97.8 cm³/mol. The highest BCUT2D eigenvalue weighted by Crippen LogP contribution is 2.30. The first-order chi connectivity index (χ1) is 12.0. The van der Waals surface area contributed by atoms with Crippen molar-refractivity contribution in [2.45, 2.75) is 58.0 Å². The molecule has 1 aromatic carbocycles. The summed E-state index contributed by atoms with van der Waals surface area (Å²) in [6, 6.07) is 6.60. The van der Waals surface area contributed by atoms with Gasteiger partial charge < -0.3 is 14.6 Å². The average Bonchev–Trinajstić information content (AvgIpc) is 3.23. The summed E-state index contributed by atoms with van der Waals surface area (Å²) >= 11 is 0. The molecule has 1 aliphatic rings. The Morgan fingerprint density at radius 1 is 1.40 bits per heavy atom. The van der Waals surface area contributed by atoms with Gasteiger partial charge in [-0.15, -0.1) is 0 Å². The number of aromatic nitrogens is 2. The Morgan fingerprint density at radius 3 is 2.96 bits per heavy atom. The first kappa shape index (κ1) is 17.5. The Labute approximate surface area is 149 Å². The largest absolute Gasteiger partial charge is 0.483 e. The molecule has 1 aromatic heterocycles. The molecule has 0 spiro atoms. The summed E-state index contributed by atoms with van der Waals surface area (Å²) in [5.41, 5.74) is 2.27. The molecule has 0 radical (unpaired) electrons. The molecule has 5 heteroatoms. The van der Waals surface area contributed by atoms with Gasteiger partial charge in [-0.25, -0.2) is 4.98 Å². The minimum absolute atomic E-state index is 0.0519. The quantitative estimate of drug-likeness (QED) is 0.873. The smallest absolute Gasteiger partial charge is 0.258 e. The van der Waals surface area contributed by atoms with Crippen molar-refractivity contribution < 1.29 is 9.53 Å². The highest BCUT2D eigenvalue weighted by molar-refractivity contribution is 5.78. The number of rotatable bonds is 6. The third kappa shape index (κ3) is 4.21. The summed E-state index contributed by atoms with van der Waals surface area (Å²) in [6.07, 6.45) is 8.75. The average molecular weight is 341 g/mol. The van der Waals surface area contributed by atoms with Crippen LogP contribution in [0.4, 0.5) is 0 Å². The molecule has 2 atom stereocenters. The molecule has 2 aromatic rings. The van der Waals surface area contributed by atoms with Gasteiger partial charge in [-0.05, 0) is 49.3 Å². The molecule has 0 aliphatic heterocycles. The van der Waals surface area contributed by atoms with Crippen LogP contribution in [0.1, 0.15) is 56.2 Å². The molecule has 0 unspecified atom stereocenters. The van der Waals surface area contributed by atoms with Crippen molar-refractivity contribution in [3.8, 4) is 5.75 Å². The van der Waals surface area contributed by atoms with Crippen LogP contribution >= 0.6 is 0 Å². The molecular formula is C20H27N3O2. The second-order valence-corrected chi connectivity index (χ2v) is 7.17. The Morgan fingerprint density at radius 2 is 2.24 bits per heavy atom. The highest BCUT2D eigenvalue weighted by Gasteiger charge is 2.29. The van der Waals surface area contributed by atoms with Crippen molar-refractivity contribution in [2.24, 2.45) is 0 Å². The zero-order valence-corrected chi connectivity index (χ0v) is 15.2. The maximum absolute atomic E-state index is 12.4. The van der Waals surface area contributed by atoms with E-state index < -0.39 is 0 Å². The fourth-order valence-electron chi connectivity index (χ4n) is 3.57. The number of aryl methyl sites for hydroxylation is 1. The summed E-state index contributed by atoms with van der Waals surface area (Å²) in [5.74, 6) is 1.11. The van der Waals surface area contributed by atoms with Crippen molar-refractivity contribution >= 4 is 5.91 Å². The number of nitrogens with one attached hydrogen (secondary N) is 1. The second-order valence-electron chi connectivity index (χ2n) is 7.17. The number of amides is 1. The summed E-state index contributed by atoms with van der Waals surface area (Å²) in [5, 5.41) is 3.14. The van der Waals surface area contributed by atoms with Gasteiger partial charge in [0.25, 0.3) is 5.91 Å². The summed E-state index contributed by atoms with van der Waals surface area (Å²) in [7, 11) is 0. The van der Waals surface area contributed by atoms with Crippen LogP contribution < -0.4 is 10.1 Å². The lowest BCUT2D eigenvalue weighted by Gasteiger charge is -2.22. The van der Waals surface area contributed by atoms with E-state index in [1.54, 1.807) is 6.20 Å². The zero-order chi connectivity index (χ0) is 17.8. The first-order valence-corrected chi connectivity index (χ1v) is 9.04. The molecule has 1 amide bonds. The van der Waals surface area contributed by atoms with Gasteiger partial charge >= 0.3 is 0 Å². The molecule has 0 saturated heterocycles. The number of benzene rings is 1. The Bertz CT molecular complexity index is 710. The molecular weight excluding hydrogens is 314 g/mol. The lowest BCUT2D eigenvalue weighted by molar-refractivity contribution is -0.124. The molecule has 1 N–H and O–H groups in total. The Kier molecular flexibility index (Phi) is 5.41. The number of carbonyl (C=O) groups excluding carboxylic acids is 1. The van der Waals surface area contributed by atoms with E-state index in [0.717, 1.165) is 36.1 Å². The first-order valence-electron chi connectivity index (χ1n) is 9.04. The van der Waals surface area contributed by atoms with Crippen LogP contribution in [-0.2, 0) is 4.79 Å². The Balaban J connectivity index is 1.59. The number of hydrogen-bond donors (Lipinski definition) is 1. The van der Waals surface area contributed by atoms with Crippen LogP contribution in [0.5, 0.6) is 5.75 Å². The van der Waals surface area contributed by atoms with E-state index in [0.29, 0.717) is 5.92 Å². The van der Waals surface area contributed by atoms with E-state index in [1.165, 1.54) is 0 Å². The van der Waals surface area contributed by atoms with Crippen molar-refractivity contribution in [2.75, 3.05) is 6.61 Å². The van der Waals surface area contributed by atoms with Crippen LogP contribution in [0, 0.1) is 6.92 Å². The van der Waals surface area contributed by atoms with Gasteiger partial charge in [-0.3, -0.25) is 4.79 Å². The minimum Gasteiger partial charge on any atom is -0.483 e. The molecule has 1 fully saturated rings. The van der Waals surface area contributed by atoms with E-state index in [4.69, 9.17) is 4.74 Å². The number of nitrogens with zero attached hydrogens (tertiary/aromatic N) is 2. The van der Waals surface area contributed by atoms with Crippen LogP contribution in [0.25, 0.3) is 0 Å². The summed E-state index contributed by atoms with van der Waals surface area (Å²) < 4.78 is 7.94. The van der Waals surface area contributed by atoms with Gasteiger partial charge in [0.2, 0.25) is 0 Å². The van der Waals surface area contributed by atoms with E-state index >= 15 is 0 Å². The highest BCUT2D eigenvalue weighted by atomic mass is 16.5. The van der Waals surface area contributed by atoms with Crippen LogP contribution in [0.15, 0.2) is 36.9 Å². The summed E-state index contributed by atoms with van der Waals surface area (Å²) in [4.78, 5) is 16.5. The molecule has 134 valence electrons. The maximum Gasteiger partial charge on any atom is 0.258 e. The van der Waals surface area contributed by atoms with Gasteiger partial charge in [0.1, 0.15) is 5.75 Å². The van der Waals surface area contributed by atoms with Gasteiger partial charge in [0, 0.05) is 18.4 Å². The fraction of sp³-hybridized carbons (Fsp3) is 0.500. The summed E-state index contributed by atoms with van der Waals surface area (Å²) in [6.45, 7) is 6.35. The second kappa shape index (κ2) is 7.72. The van der Waals surface area contributed by atoms with Crippen molar-refractivity contribution in [3.05, 3.63) is 48.0 Å². The van der Waals surface area contributed by atoms with Crippen LogP contribution in [-0.4, -0.2) is 28.1 Å². The molecule has 25 heavy (non-hydrogen) atoms. The van der Waals surface area contributed by atoms with Gasteiger partial charge in [-0.1, -0.05) is 26.0 Å². The van der Waals surface area contributed by atoms with Crippen molar-refractivity contribution in [3.63, 3.8) is 0 Å². The molecule has 1 saturated carbocycles. The van der Waals surface area contributed by atoms with Crippen LogP contribution in [0.2, 0.25) is 0 Å². The van der Waals surface area contributed by atoms with Gasteiger partial charge in [0.15, 0.2) is 6.61 Å². The van der Waals surface area contributed by atoms with E-state index in [2.05, 4.69) is 40.8 Å². The lowest BCUT2D eigenvalue weighted by atomic mass is 10.0. The van der Waals surface area contributed by atoms with Gasteiger partial charge in [-0.2, -0.15) is 0 Å². The van der Waals surface area contributed by atoms with Crippen molar-refractivity contribution in [1.29, 1.82) is 0 Å². The Hall–Kier alpha value is -2.30. The molecule has 1 aliphatic carbocycles. The topological polar surface area (TPSA) is 56.1 Å². The number of carbonyl (C=O) groups is 1. The van der Waals surface area contributed by atoms with Gasteiger partial charge in [0.05, 0.1) is 12.4 Å². The number of hydrogen-bond acceptors (Lipinski definition) is 3. The van der Waals surface area contributed by atoms with E-state index in [-0.39, 0.29) is 24.6 Å². The van der Waals surface area contributed by atoms with E-state index in [1.807, 2.05) is 25.5 Å². The molecule has 5 nitrogen and oxygen atoms in total. The monoisotopic (exact) mass is 341 g/mol. The number of imidazole rings is 1. The van der Waals surface area contributed by atoms with Crippen LogP contribution in [0.3, 0.4) is 0 Å². The lowest BCUT2D eigenvalue weighted by Crippen LogP contribution is -2.40. The molecule has 0 bridgehead atoms. The zero-order valence-electron chi connectivity index (χ0n) is 15.2. The standard InChI is InChI=1S/C20H27N3O2/c1-14(2)16-8-7-15(3)11-19(16)25-12-20(24)22-17-5-4-6-18(17)23-10-9-21-13-23/h7-11,13-14,17-18H,4-6,12H2,1-3H3,(H,22,24)/t17-,18+/m1/s1. The molecule has 3 rings (SSSR count). The normalized spacial score (nSPS) is 20.0. The SMILES string of the molecule is Cc1ccc(C(C)C)c(OCC(=O)N[C@@H]2CCC[C@@H]2n2ccnc2)c1. The number of ether oxygens (including phenoxy) is 1. The molecule has 1 heterocycles. The minimum atomic E-state index is -0.0618. The maximum atomic E-state index is 12.4. The third-order valence-electron chi connectivity index (χ3n) is 4.88. The van der Waals surface area contributed by atoms with Crippen molar-refractivity contribution in [1.82, 2.24) is 14.9 Å².